The van der Waals surface area contributed by atoms with E-state index < -0.39 is 11.4 Å². The van der Waals surface area contributed by atoms with Gasteiger partial charge in [-0.25, -0.2) is 0 Å². The molecule has 0 fully saturated rings. The van der Waals surface area contributed by atoms with Crippen molar-refractivity contribution in [3.8, 4) is 0 Å². The summed E-state index contributed by atoms with van der Waals surface area (Å²) in [5.74, 6) is -0.000615. The molecule has 0 aliphatic heterocycles. The number of nitrogens with zero attached hydrogens (tertiary/aromatic N) is 3. The Hall–Kier alpha value is -3.07. The first-order valence-electron chi connectivity index (χ1n) is 8.16. The van der Waals surface area contributed by atoms with Crippen LogP contribution in [0.4, 0.5) is 19.0 Å². The van der Waals surface area contributed by atoms with Crippen molar-refractivity contribution in [2.24, 2.45) is 0 Å². The molecule has 1 N–H and O–H groups in total. The molecule has 9 heteroatoms. The number of hydrogen-bond donors (Lipinski definition) is 1. The van der Waals surface area contributed by atoms with Gasteiger partial charge in [-0.2, -0.15) is 18.3 Å². The molecule has 0 saturated heterocycles. The third-order valence-electron chi connectivity index (χ3n) is 3.48. The van der Waals surface area contributed by atoms with Crippen LogP contribution in [0.2, 0.25) is 0 Å². The van der Waals surface area contributed by atoms with Crippen LogP contribution in [0.3, 0.4) is 0 Å². The molecule has 0 unspecified atom stereocenters. The molecule has 0 bridgehead atoms. The molecule has 2 aromatic heterocycles. The standard InChI is InChI=1S/C19H15F3N4OS/c20-19(21,22)28-16-7-4-14(5-8-16)6-9-18(27)24-17-10-12-26(25-17)13-15-3-1-2-11-23-15/h1-12H,13H2,(H,24,25,27)/b9-6+. The number of alkyl halides is 3. The Kier molecular flexibility index (Phi) is 6.15. The number of thioether (sulfide) groups is 1. The Balaban J connectivity index is 1.54. The topological polar surface area (TPSA) is 59.8 Å². The van der Waals surface area contributed by atoms with E-state index in [0.29, 0.717) is 17.9 Å². The lowest BCUT2D eigenvalue weighted by Gasteiger charge is -2.05. The van der Waals surface area contributed by atoms with Gasteiger partial charge in [0, 0.05) is 29.4 Å². The number of halogens is 3. The molecule has 0 atom stereocenters. The third kappa shape index (κ3) is 6.27. The van der Waals surface area contributed by atoms with Crippen LogP contribution in [0.5, 0.6) is 0 Å². The van der Waals surface area contributed by atoms with Crippen molar-refractivity contribution in [1.29, 1.82) is 0 Å². The molecule has 1 aromatic carbocycles. The second-order valence-corrected chi connectivity index (χ2v) is 6.80. The van der Waals surface area contributed by atoms with Gasteiger partial charge in [-0.3, -0.25) is 14.5 Å². The summed E-state index contributed by atoms with van der Waals surface area (Å²) in [6.07, 6.45) is 6.23. The van der Waals surface area contributed by atoms with Gasteiger partial charge >= 0.3 is 5.51 Å². The van der Waals surface area contributed by atoms with E-state index in [9.17, 15) is 18.0 Å². The Morgan fingerprint density at radius 1 is 1.14 bits per heavy atom. The molecule has 28 heavy (non-hydrogen) atoms. The van der Waals surface area contributed by atoms with Crippen LogP contribution in [0.1, 0.15) is 11.3 Å². The van der Waals surface area contributed by atoms with Crippen molar-refractivity contribution in [3.05, 3.63) is 78.3 Å². The number of rotatable bonds is 6. The molecule has 0 radical (unpaired) electrons. The van der Waals surface area contributed by atoms with Crippen LogP contribution in [0, 0.1) is 0 Å². The van der Waals surface area contributed by atoms with Crippen LogP contribution in [0.25, 0.3) is 6.08 Å². The largest absolute Gasteiger partial charge is 0.446 e. The molecule has 3 rings (SSSR count). The van der Waals surface area contributed by atoms with E-state index in [1.54, 1.807) is 23.1 Å². The molecule has 1 amide bonds. The second kappa shape index (κ2) is 8.75. The normalized spacial score (nSPS) is 11.7. The highest BCUT2D eigenvalue weighted by Crippen LogP contribution is 2.36. The van der Waals surface area contributed by atoms with E-state index in [4.69, 9.17) is 0 Å². The smallest absolute Gasteiger partial charge is 0.306 e. The second-order valence-electron chi connectivity index (χ2n) is 5.66. The summed E-state index contributed by atoms with van der Waals surface area (Å²) >= 11 is -0.180. The van der Waals surface area contributed by atoms with Gasteiger partial charge in [0.1, 0.15) is 0 Å². The minimum atomic E-state index is -4.32. The van der Waals surface area contributed by atoms with Crippen molar-refractivity contribution in [2.45, 2.75) is 16.9 Å². The van der Waals surface area contributed by atoms with Gasteiger partial charge in [0.25, 0.3) is 0 Å². The Labute approximate surface area is 163 Å². The van der Waals surface area contributed by atoms with Crippen LogP contribution in [0.15, 0.2) is 71.9 Å². The molecular weight excluding hydrogens is 389 g/mol. The van der Waals surface area contributed by atoms with Crippen LogP contribution >= 0.6 is 11.8 Å². The number of anilines is 1. The Morgan fingerprint density at radius 2 is 1.93 bits per heavy atom. The lowest BCUT2D eigenvalue weighted by atomic mass is 10.2. The summed E-state index contributed by atoms with van der Waals surface area (Å²) in [6, 6.07) is 13.0. The van der Waals surface area contributed by atoms with Crippen molar-refractivity contribution in [2.75, 3.05) is 5.32 Å². The summed E-state index contributed by atoms with van der Waals surface area (Å²) in [6.45, 7) is 0.481. The summed E-state index contributed by atoms with van der Waals surface area (Å²) in [5, 5.41) is 6.88. The van der Waals surface area contributed by atoms with Crippen molar-refractivity contribution in [1.82, 2.24) is 14.8 Å². The Bertz CT molecular complexity index is 953. The number of aromatic nitrogens is 3. The number of benzene rings is 1. The van der Waals surface area contributed by atoms with E-state index in [1.807, 2.05) is 18.2 Å². The summed E-state index contributed by atoms with van der Waals surface area (Å²) in [5.41, 5.74) is -2.87. The first-order chi connectivity index (χ1) is 13.4. The fourth-order valence-corrected chi connectivity index (χ4v) is 2.83. The lowest BCUT2D eigenvalue weighted by Crippen LogP contribution is -2.09. The zero-order valence-electron chi connectivity index (χ0n) is 14.4. The zero-order valence-corrected chi connectivity index (χ0v) is 15.2. The third-order valence-corrected chi connectivity index (χ3v) is 4.22. The van der Waals surface area contributed by atoms with Gasteiger partial charge < -0.3 is 5.32 Å². The van der Waals surface area contributed by atoms with E-state index in [0.717, 1.165) is 5.69 Å². The average Bonchev–Trinajstić information content (AvgIpc) is 3.07. The monoisotopic (exact) mass is 404 g/mol. The number of carbonyl (C=O) groups is 1. The van der Waals surface area contributed by atoms with Crippen LogP contribution < -0.4 is 5.32 Å². The Morgan fingerprint density at radius 3 is 2.61 bits per heavy atom. The highest BCUT2D eigenvalue weighted by Gasteiger charge is 2.28. The number of hydrogen-bond acceptors (Lipinski definition) is 4. The first kappa shape index (κ1) is 19.7. The molecule has 0 spiro atoms. The van der Waals surface area contributed by atoms with E-state index in [2.05, 4.69) is 15.4 Å². The van der Waals surface area contributed by atoms with Gasteiger partial charge in [-0.1, -0.05) is 18.2 Å². The van der Waals surface area contributed by atoms with Gasteiger partial charge in [0.2, 0.25) is 5.91 Å². The predicted octanol–water partition coefficient (Wildman–Crippen LogP) is 4.59. The van der Waals surface area contributed by atoms with Crippen molar-refractivity contribution < 1.29 is 18.0 Å². The summed E-state index contributed by atoms with van der Waals surface area (Å²) in [4.78, 5) is 16.3. The SMILES string of the molecule is O=C(/C=C/c1ccc(SC(F)(F)F)cc1)Nc1ccn(Cc2ccccn2)n1. The fourth-order valence-electron chi connectivity index (χ4n) is 2.29. The number of amides is 1. The molecule has 0 aliphatic carbocycles. The molecule has 5 nitrogen and oxygen atoms in total. The van der Waals surface area contributed by atoms with E-state index in [-0.39, 0.29) is 16.7 Å². The maximum atomic E-state index is 12.3. The molecule has 2 heterocycles. The number of carbonyl (C=O) groups excluding carboxylic acids is 1. The predicted molar refractivity (Wildman–Crippen MR) is 102 cm³/mol. The van der Waals surface area contributed by atoms with Crippen LogP contribution in [-0.2, 0) is 11.3 Å². The molecule has 144 valence electrons. The average molecular weight is 404 g/mol. The highest BCUT2D eigenvalue weighted by atomic mass is 32.2. The minimum absolute atomic E-state index is 0.0903. The maximum Gasteiger partial charge on any atom is 0.446 e. The summed E-state index contributed by atoms with van der Waals surface area (Å²) < 4.78 is 38.6. The van der Waals surface area contributed by atoms with Gasteiger partial charge in [-0.15, -0.1) is 0 Å². The molecule has 0 saturated carbocycles. The minimum Gasteiger partial charge on any atom is -0.306 e. The highest BCUT2D eigenvalue weighted by molar-refractivity contribution is 8.00. The fraction of sp³-hybridized carbons (Fsp3) is 0.105. The lowest BCUT2D eigenvalue weighted by molar-refractivity contribution is -0.111. The molecular formula is C19H15F3N4OS. The maximum absolute atomic E-state index is 12.3. The zero-order chi connectivity index (χ0) is 20.0. The number of nitrogens with one attached hydrogen (secondary N) is 1. The number of pyridine rings is 1. The van der Waals surface area contributed by atoms with Crippen LogP contribution in [-0.4, -0.2) is 26.2 Å². The van der Waals surface area contributed by atoms with Gasteiger partial charge in [-0.05, 0) is 47.7 Å². The van der Waals surface area contributed by atoms with E-state index >= 15 is 0 Å². The van der Waals surface area contributed by atoms with Crippen molar-refractivity contribution >= 4 is 29.6 Å². The summed E-state index contributed by atoms with van der Waals surface area (Å²) in [7, 11) is 0. The van der Waals surface area contributed by atoms with Crippen molar-refractivity contribution in [3.63, 3.8) is 0 Å². The molecule has 3 aromatic rings. The molecule has 0 aliphatic rings. The quantitative estimate of drug-likeness (QED) is 0.482. The van der Waals surface area contributed by atoms with E-state index in [1.165, 1.54) is 36.4 Å². The van der Waals surface area contributed by atoms with Gasteiger partial charge in [0.05, 0.1) is 12.2 Å². The van der Waals surface area contributed by atoms with Gasteiger partial charge in [0.15, 0.2) is 5.82 Å². The first-order valence-corrected chi connectivity index (χ1v) is 8.97.